The van der Waals surface area contributed by atoms with Gasteiger partial charge >= 0.3 is 0 Å². The van der Waals surface area contributed by atoms with Gasteiger partial charge in [0.1, 0.15) is 0 Å². The Hall–Kier alpha value is -1.08. The lowest BCUT2D eigenvalue weighted by Crippen LogP contribution is -2.46. The molecule has 0 saturated carbocycles. The van der Waals surface area contributed by atoms with E-state index in [4.69, 9.17) is 0 Å². The zero-order chi connectivity index (χ0) is 14.6. The second-order valence-electron chi connectivity index (χ2n) is 6.40. The molecule has 20 heavy (non-hydrogen) atoms. The fourth-order valence-corrected chi connectivity index (χ4v) is 3.45. The minimum Gasteiger partial charge on any atom is -0.292 e. The lowest BCUT2D eigenvalue weighted by atomic mass is 9.78. The van der Waals surface area contributed by atoms with E-state index in [2.05, 4.69) is 69.0 Å². The molecular weight excluding hydrogens is 242 g/mol. The summed E-state index contributed by atoms with van der Waals surface area (Å²) in [6.45, 7) is 11.6. The third-order valence-corrected chi connectivity index (χ3v) is 4.80. The van der Waals surface area contributed by atoms with Gasteiger partial charge in [-0.3, -0.25) is 4.90 Å². The van der Waals surface area contributed by atoms with Crippen LogP contribution in [0.4, 0.5) is 0 Å². The quantitative estimate of drug-likeness (QED) is 0.679. The van der Waals surface area contributed by atoms with Gasteiger partial charge in [-0.1, -0.05) is 69.7 Å². The Morgan fingerprint density at radius 1 is 1.15 bits per heavy atom. The van der Waals surface area contributed by atoms with E-state index in [-0.39, 0.29) is 0 Å². The van der Waals surface area contributed by atoms with E-state index in [9.17, 15) is 0 Å². The van der Waals surface area contributed by atoms with Crippen molar-refractivity contribution in [3.8, 4) is 0 Å². The molecule has 0 aliphatic carbocycles. The molecule has 2 atom stereocenters. The molecular formula is C19H29N. The van der Waals surface area contributed by atoms with Crippen molar-refractivity contribution < 1.29 is 0 Å². The standard InChI is InChI=1S/C19H29N/c1-5-17-13-19(4,7-3)15-20(18(17)6-2)14-16-11-9-8-10-12-16/h8-13,18H,5-7,14-15H2,1-4H3/t18-,19-/m0/s1. The summed E-state index contributed by atoms with van der Waals surface area (Å²) in [5.74, 6) is 0. The molecule has 1 aliphatic rings. The van der Waals surface area contributed by atoms with E-state index in [0.717, 1.165) is 6.54 Å². The predicted octanol–water partition coefficient (Wildman–Crippen LogP) is 5.03. The lowest BCUT2D eigenvalue weighted by molar-refractivity contribution is 0.125. The second-order valence-corrected chi connectivity index (χ2v) is 6.40. The Balaban J connectivity index is 2.24. The zero-order valence-electron chi connectivity index (χ0n) is 13.5. The Bertz CT molecular complexity index is 448. The van der Waals surface area contributed by atoms with E-state index in [1.54, 1.807) is 5.57 Å². The topological polar surface area (TPSA) is 3.24 Å². The molecule has 110 valence electrons. The van der Waals surface area contributed by atoms with Crippen LogP contribution in [-0.2, 0) is 6.54 Å². The van der Waals surface area contributed by atoms with Crippen LogP contribution < -0.4 is 0 Å². The van der Waals surface area contributed by atoms with Crippen LogP contribution >= 0.6 is 0 Å². The van der Waals surface area contributed by atoms with Gasteiger partial charge in [-0.15, -0.1) is 0 Å². The van der Waals surface area contributed by atoms with E-state index in [0.29, 0.717) is 11.5 Å². The maximum absolute atomic E-state index is 2.69. The summed E-state index contributed by atoms with van der Waals surface area (Å²) in [5.41, 5.74) is 3.41. The Morgan fingerprint density at radius 3 is 2.40 bits per heavy atom. The van der Waals surface area contributed by atoms with Crippen LogP contribution in [0.1, 0.15) is 52.5 Å². The monoisotopic (exact) mass is 271 g/mol. The molecule has 1 heteroatoms. The minimum atomic E-state index is 0.339. The first kappa shape index (κ1) is 15.3. The SMILES string of the molecule is CCC1=C[C@](C)(CC)CN(Cc2ccccc2)[C@H]1CC. The summed E-state index contributed by atoms with van der Waals surface area (Å²) >= 11 is 0. The molecule has 0 amide bonds. The van der Waals surface area contributed by atoms with Crippen LogP contribution in [0.25, 0.3) is 0 Å². The van der Waals surface area contributed by atoms with Crippen molar-refractivity contribution in [2.45, 2.75) is 59.5 Å². The Morgan fingerprint density at radius 2 is 1.85 bits per heavy atom. The zero-order valence-corrected chi connectivity index (χ0v) is 13.5. The second kappa shape index (κ2) is 6.58. The molecule has 1 aliphatic heterocycles. The highest BCUT2D eigenvalue weighted by molar-refractivity contribution is 5.22. The first-order valence-corrected chi connectivity index (χ1v) is 8.11. The fraction of sp³-hybridized carbons (Fsp3) is 0.579. The number of hydrogen-bond donors (Lipinski definition) is 0. The largest absolute Gasteiger partial charge is 0.292 e. The molecule has 0 aromatic heterocycles. The summed E-state index contributed by atoms with van der Waals surface area (Å²) < 4.78 is 0. The number of nitrogens with zero attached hydrogens (tertiary/aromatic N) is 1. The summed E-state index contributed by atoms with van der Waals surface area (Å²) in [4.78, 5) is 2.69. The molecule has 1 heterocycles. The number of hydrogen-bond acceptors (Lipinski definition) is 1. The molecule has 0 radical (unpaired) electrons. The van der Waals surface area contributed by atoms with Gasteiger partial charge in [-0.25, -0.2) is 0 Å². The van der Waals surface area contributed by atoms with Crippen molar-refractivity contribution in [1.82, 2.24) is 4.90 Å². The average Bonchev–Trinajstić information content (AvgIpc) is 2.48. The highest BCUT2D eigenvalue weighted by Crippen LogP contribution is 2.36. The van der Waals surface area contributed by atoms with Crippen LogP contribution in [0.5, 0.6) is 0 Å². The first-order valence-electron chi connectivity index (χ1n) is 8.11. The van der Waals surface area contributed by atoms with Crippen LogP contribution in [-0.4, -0.2) is 17.5 Å². The van der Waals surface area contributed by atoms with E-state index < -0.39 is 0 Å². The van der Waals surface area contributed by atoms with Crippen molar-refractivity contribution in [3.63, 3.8) is 0 Å². The van der Waals surface area contributed by atoms with Crippen LogP contribution in [0, 0.1) is 5.41 Å². The van der Waals surface area contributed by atoms with Gasteiger partial charge < -0.3 is 0 Å². The van der Waals surface area contributed by atoms with Crippen LogP contribution in [0.3, 0.4) is 0 Å². The maximum Gasteiger partial charge on any atom is 0.0308 e. The number of rotatable bonds is 5. The molecule has 2 rings (SSSR count). The maximum atomic E-state index is 2.69. The summed E-state index contributed by atoms with van der Waals surface area (Å²) in [7, 11) is 0. The Labute approximate surface area is 124 Å². The van der Waals surface area contributed by atoms with Gasteiger partial charge in [0.25, 0.3) is 0 Å². The Kier molecular flexibility index (Phi) is 5.04. The average molecular weight is 271 g/mol. The first-order chi connectivity index (χ1) is 9.61. The summed E-state index contributed by atoms with van der Waals surface area (Å²) in [6.07, 6.45) is 6.19. The number of benzene rings is 1. The highest BCUT2D eigenvalue weighted by Gasteiger charge is 2.33. The van der Waals surface area contributed by atoms with Gasteiger partial charge in [0.15, 0.2) is 0 Å². The molecule has 1 nitrogen and oxygen atoms in total. The van der Waals surface area contributed by atoms with E-state index in [1.165, 1.54) is 31.4 Å². The molecule has 0 N–H and O–H groups in total. The summed E-state index contributed by atoms with van der Waals surface area (Å²) in [6, 6.07) is 11.5. The van der Waals surface area contributed by atoms with Gasteiger partial charge in [0.05, 0.1) is 0 Å². The molecule has 1 aromatic rings. The third kappa shape index (κ3) is 3.32. The van der Waals surface area contributed by atoms with Crippen LogP contribution in [0.15, 0.2) is 42.0 Å². The van der Waals surface area contributed by atoms with Gasteiger partial charge in [-0.05, 0) is 30.2 Å². The highest BCUT2D eigenvalue weighted by atomic mass is 15.2. The molecule has 0 unspecified atom stereocenters. The molecule has 0 spiro atoms. The van der Waals surface area contributed by atoms with E-state index in [1.807, 2.05) is 0 Å². The normalized spacial score (nSPS) is 27.4. The van der Waals surface area contributed by atoms with Crippen molar-refractivity contribution in [2.24, 2.45) is 5.41 Å². The fourth-order valence-electron chi connectivity index (χ4n) is 3.45. The smallest absolute Gasteiger partial charge is 0.0308 e. The molecule has 0 bridgehead atoms. The van der Waals surface area contributed by atoms with Crippen LogP contribution in [0.2, 0.25) is 0 Å². The van der Waals surface area contributed by atoms with Crippen molar-refractivity contribution in [1.29, 1.82) is 0 Å². The van der Waals surface area contributed by atoms with E-state index >= 15 is 0 Å². The summed E-state index contributed by atoms with van der Waals surface area (Å²) in [5, 5.41) is 0. The van der Waals surface area contributed by atoms with Gasteiger partial charge in [-0.2, -0.15) is 0 Å². The molecule has 0 saturated heterocycles. The molecule has 1 aromatic carbocycles. The third-order valence-electron chi connectivity index (χ3n) is 4.80. The minimum absolute atomic E-state index is 0.339. The van der Waals surface area contributed by atoms with Gasteiger partial charge in [0, 0.05) is 19.1 Å². The lowest BCUT2D eigenvalue weighted by Gasteiger charge is -2.44. The van der Waals surface area contributed by atoms with Crippen molar-refractivity contribution in [3.05, 3.63) is 47.5 Å². The van der Waals surface area contributed by atoms with Crippen molar-refractivity contribution >= 4 is 0 Å². The predicted molar refractivity (Wildman–Crippen MR) is 87.7 cm³/mol. The van der Waals surface area contributed by atoms with Crippen molar-refractivity contribution in [2.75, 3.05) is 6.54 Å². The molecule has 0 fully saturated rings. The van der Waals surface area contributed by atoms with Gasteiger partial charge in [0.2, 0.25) is 0 Å².